The van der Waals surface area contributed by atoms with E-state index < -0.39 is 0 Å². The van der Waals surface area contributed by atoms with Crippen molar-refractivity contribution in [2.45, 2.75) is 32.8 Å². The second-order valence-electron chi connectivity index (χ2n) is 7.01. The highest BCUT2D eigenvalue weighted by Gasteiger charge is 2.27. The Bertz CT molecular complexity index is 945. The van der Waals surface area contributed by atoms with Gasteiger partial charge in [-0.2, -0.15) is 10.2 Å². The molecule has 7 nitrogen and oxygen atoms in total. The minimum Gasteiger partial charge on any atom is -0.473 e. The van der Waals surface area contributed by atoms with Gasteiger partial charge >= 0.3 is 0 Å². The van der Waals surface area contributed by atoms with Gasteiger partial charge in [-0.25, -0.2) is 4.68 Å². The highest BCUT2D eigenvalue weighted by atomic mass is 16.5. The van der Waals surface area contributed by atoms with E-state index >= 15 is 0 Å². The molecular weight excluding hydrogens is 354 g/mol. The van der Waals surface area contributed by atoms with Crippen molar-refractivity contribution in [2.75, 3.05) is 13.1 Å². The average Bonchev–Trinajstić information content (AvgIpc) is 3.12. The fourth-order valence-corrected chi connectivity index (χ4v) is 3.42. The van der Waals surface area contributed by atoms with Crippen molar-refractivity contribution in [3.63, 3.8) is 0 Å². The summed E-state index contributed by atoms with van der Waals surface area (Å²) >= 11 is 0. The SMILES string of the molecule is Cc1ccc(OC2CCN(C(=O)c3cnn(-c4ccccc4)c3C)CC2)nn1. The predicted molar refractivity (Wildman–Crippen MR) is 105 cm³/mol. The number of aromatic nitrogens is 4. The van der Waals surface area contributed by atoms with Crippen LogP contribution in [0.1, 0.15) is 34.6 Å². The van der Waals surface area contributed by atoms with Crippen molar-refractivity contribution in [3.05, 3.63) is 65.6 Å². The quantitative estimate of drug-likeness (QED) is 0.699. The van der Waals surface area contributed by atoms with Crippen LogP contribution in [0.25, 0.3) is 5.69 Å². The van der Waals surface area contributed by atoms with E-state index in [1.807, 2.05) is 61.2 Å². The fourth-order valence-electron chi connectivity index (χ4n) is 3.42. The lowest BCUT2D eigenvalue weighted by molar-refractivity contribution is 0.0585. The fraction of sp³-hybridized carbons (Fsp3) is 0.333. The molecular formula is C21H23N5O2. The van der Waals surface area contributed by atoms with Gasteiger partial charge in [-0.3, -0.25) is 4.79 Å². The van der Waals surface area contributed by atoms with E-state index in [0.717, 1.165) is 29.9 Å². The van der Waals surface area contributed by atoms with Crippen LogP contribution in [0.15, 0.2) is 48.7 Å². The molecule has 0 atom stereocenters. The number of amides is 1. The largest absolute Gasteiger partial charge is 0.473 e. The van der Waals surface area contributed by atoms with Crippen molar-refractivity contribution in [2.24, 2.45) is 0 Å². The molecule has 1 aliphatic heterocycles. The molecule has 3 aromatic rings. The lowest BCUT2D eigenvalue weighted by Gasteiger charge is -2.31. The number of benzene rings is 1. The minimum atomic E-state index is 0.0215. The molecule has 0 bridgehead atoms. The summed E-state index contributed by atoms with van der Waals surface area (Å²) in [6.07, 6.45) is 3.25. The molecule has 1 aliphatic rings. The van der Waals surface area contributed by atoms with Gasteiger partial charge < -0.3 is 9.64 Å². The molecule has 144 valence electrons. The Morgan fingerprint density at radius 2 is 1.79 bits per heavy atom. The number of rotatable bonds is 4. The summed E-state index contributed by atoms with van der Waals surface area (Å²) in [5, 5.41) is 12.5. The first-order valence-electron chi connectivity index (χ1n) is 9.48. The van der Waals surface area contributed by atoms with Crippen LogP contribution in [0, 0.1) is 13.8 Å². The number of hydrogen-bond donors (Lipinski definition) is 0. The number of carbonyl (C=O) groups excluding carboxylic acids is 1. The topological polar surface area (TPSA) is 73.1 Å². The van der Waals surface area contributed by atoms with Crippen molar-refractivity contribution >= 4 is 5.91 Å². The number of carbonyl (C=O) groups is 1. The average molecular weight is 377 g/mol. The van der Waals surface area contributed by atoms with Crippen LogP contribution >= 0.6 is 0 Å². The first kappa shape index (κ1) is 18.2. The highest BCUT2D eigenvalue weighted by Crippen LogP contribution is 2.21. The molecule has 0 aliphatic carbocycles. The summed E-state index contributed by atoms with van der Waals surface area (Å²) < 4.78 is 7.71. The third-order valence-electron chi connectivity index (χ3n) is 5.03. The number of para-hydroxylation sites is 1. The van der Waals surface area contributed by atoms with E-state index in [-0.39, 0.29) is 12.0 Å². The number of likely N-dealkylation sites (tertiary alicyclic amines) is 1. The molecule has 1 aromatic carbocycles. The number of nitrogens with zero attached hydrogens (tertiary/aromatic N) is 5. The molecule has 1 fully saturated rings. The zero-order chi connectivity index (χ0) is 19.5. The third-order valence-corrected chi connectivity index (χ3v) is 5.03. The maximum atomic E-state index is 13.0. The monoisotopic (exact) mass is 377 g/mol. The van der Waals surface area contributed by atoms with Crippen LogP contribution in [0.2, 0.25) is 0 Å². The Labute approximate surface area is 164 Å². The van der Waals surface area contributed by atoms with Crippen LogP contribution < -0.4 is 4.74 Å². The smallest absolute Gasteiger partial charge is 0.257 e. The standard InChI is InChI=1S/C21H23N5O2/c1-15-8-9-20(24-23-15)28-18-10-12-25(13-11-18)21(27)19-14-22-26(16(19)2)17-6-4-3-5-7-17/h3-9,14,18H,10-13H2,1-2H3. The van der Waals surface area contributed by atoms with Crippen molar-refractivity contribution in [1.82, 2.24) is 24.9 Å². The van der Waals surface area contributed by atoms with Crippen molar-refractivity contribution in [3.8, 4) is 11.6 Å². The van der Waals surface area contributed by atoms with Crippen molar-refractivity contribution < 1.29 is 9.53 Å². The molecule has 0 unspecified atom stereocenters. The predicted octanol–water partition coefficient (Wildman–Crippen LogP) is 2.96. The number of piperidine rings is 1. The summed E-state index contributed by atoms with van der Waals surface area (Å²) in [5.74, 6) is 0.559. The molecule has 0 spiro atoms. The molecule has 4 rings (SSSR count). The number of aryl methyl sites for hydroxylation is 1. The molecule has 0 radical (unpaired) electrons. The first-order valence-corrected chi connectivity index (χ1v) is 9.48. The van der Waals surface area contributed by atoms with Crippen LogP contribution in [-0.4, -0.2) is 50.0 Å². The van der Waals surface area contributed by atoms with Crippen LogP contribution in [-0.2, 0) is 0 Å². The van der Waals surface area contributed by atoms with Gasteiger partial charge in [0.15, 0.2) is 0 Å². The first-order chi connectivity index (χ1) is 13.6. The summed E-state index contributed by atoms with van der Waals surface area (Å²) in [6.45, 7) is 5.12. The Morgan fingerprint density at radius 3 is 2.46 bits per heavy atom. The van der Waals surface area contributed by atoms with Crippen LogP contribution in [0.4, 0.5) is 0 Å². The molecule has 0 N–H and O–H groups in total. The van der Waals surface area contributed by atoms with Gasteiger partial charge in [-0.1, -0.05) is 18.2 Å². The lowest BCUT2D eigenvalue weighted by atomic mass is 10.1. The maximum Gasteiger partial charge on any atom is 0.257 e. The Kier molecular flexibility index (Phi) is 5.06. The molecule has 7 heteroatoms. The number of ether oxygens (including phenoxy) is 1. The van der Waals surface area contributed by atoms with Gasteiger partial charge in [0.2, 0.25) is 5.88 Å². The van der Waals surface area contributed by atoms with Gasteiger partial charge in [-0.05, 0) is 32.0 Å². The normalized spacial score (nSPS) is 14.9. The van der Waals surface area contributed by atoms with Gasteiger partial charge in [-0.15, -0.1) is 5.10 Å². The van der Waals surface area contributed by atoms with E-state index in [0.29, 0.717) is 24.5 Å². The van der Waals surface area contributed by atoms with E-state index in [1.165, 1.54) is 0 Å². The summed E-state index contributed by atoms with van der Waals surface area (Å²) in [6, 6.07) is 13.6. The third kappa shape index (κ3) is 3.74. The van der Waals surface area contributed by atoms with E-state index in [2.05, 4.69) is 15.3 Å². The Hall–Kier alpha value is -3.22. The van der Waals surface area contributed by atoms with Gasteiger partial charge in [0.1, 0.15) is 6.10 Å². The van der Waals surface area contributed by atoms with E-state index in [1.54, 1.807) is 10.9 Å². The molecule has 1 amide bonds. The second-order valence-corrected chi connectivity index (χ2v) is 7.01. The summed E-state index contributed by atoms with van der Waals surface area (Å²) in [5.41, 5.74) is 3.31. The molecule has 2 aromatic heterocycles. The molecule has 0 saturated carbocycles. The lowest BCUT2D eigenvalue weighted by Crippen LogP contribution is -2.42. The zero-order valence-corrected chi connectivity index (χ0v) is 16.1. The molecule has 3 heterocycles. The van der Waals surface area contributed by atoms with Gasteiger partial charge in [0.25, 0.3) is 5.91 Å². The Morgan fingerprint density at radius 1 is 1.04 bits per heavy atom. The maximum absolute atomic E-state index is 13.0. The van der Waals surface area contributed by atoms with Gasteiger partial charge in [0.05, 0.1) is 28.8 Å². The van der Waals surface area contributed by atoms with Crippen LogP contribution in [0.3, 0.4) is 0 Å². The van der Waals surface area contributed by atoms with E-state index in [4.69, 9.17) is 4.74 Å². The van der Waals surface area contributed by atoms with Gasteiger partial charge in [0, 0.05) is 32.0 Å². The highest BCUT2D eigenvalue weighted by molar-refractivity contribution is 5.95. The second kappa shape index (κ2) is 7.80. The van der Waals surface area contributed by atoms with Crippen LogP contribution in [0.5, 0.6) is 5.88 Å². The van der Waals surface area contributed by atoms with Crippen molar-refractivity contribution in [1.29, 1.82) is 0 Å². The Balaban J connectivity index is 1.39. The number of hydrogen-bond acceptors (Lipinski definition) is 5. The zero-order valence-electron chi connectivity index (χ0n) is 16.1. The minimum absolute atomic E-state index is 0.0215. The summed E-state index contributed by atoms with van der Waals surface area (Å²) in [7, 11) is 0. The summed E-state index contributed by atoms with van der Waals surface area (Å²) in [4.78, 5) is 14.9. The van der Waals surface area contributed by atoms with E-state index in [9.17, 15) is 4.79 Å². The molecule has 1 saturated heterocycles. The molecule has 28 heavy (non-hydrogen) atoms.